The number of rotatable bonds is 1. The summed E-state index contributed by atoms with van der Waals surface area (Å²) in [6.45, 7) is 1.42. The van der Waals surface area contributed by atoms with Gasteiger partial charge in [-0.1, -0.05) is 6.07 Å². The van der Waals surface area contributed by atoms with Crippen LogP contribution in [0.2, 0.25) is 0 Å². The number of carbonyl (C=O) groups excluding carboxylic acids is 2. The molecule has 2 heterocycles. The second-order valence-electron chi connectivity index (χ2n) is 7.15. The highest BCUT2D eigenvalue weighted by molar-refractivity contribution is 5.94. The van der Waals surface area contributed by atoms with Crippen molar-refractivity contribution >= 4 is 11.8 Å². The fourth-order valence-electron chi connectivity index (χ4n) is 4.17. The topological polar surface area (TPSA) is 49.9 Å². The van der Waals surface area contributed by atoms with Crippen molar-refractivity contribution in [1.82, 2.24) is 9.80 Å². The van der Waals surface area contributed by atoms with Gasteiger partial charge in [0.15, 0.2) is 0 Å². The number of likely N-dealkylation sites (N-methyl/N-ethyl adjacent to an activating group) is 1. The van der Waals surface area contributed by atoms with Crippen LogP contribution in [0.15, 0.2) is 18.2 Å². The molecule has 0 spiro atoms. The molecule has 5 heteroatoms. The molecule has 3 aliphatic rings. The van der Waals surface area contributed by atoms with E-state index in [1.807, 2.05) is 18.0 Å². The second-order valence-corrected chi connectivity index (χ2v) is 7.15. The number of carbonyl (C=O) groups is 2. The molecule has 0 unspecified atom stereocenters. The minimum absolute atomic E-state index is 0.000621. The number of piperidine rings is 1. The number of amides is 2. The summed E-state index contributed by atoms with van der Waals surface area (Å²) in [6, 6.07) is 6.13. The first-order valence-electron chi connectivity index (χ1n) is 8.92. The van der Waals surface area contributed by atoms with E-state index in [0.717, 1.165) is 24.8 Å². The summed E-state index contributed by atoms with van der Waals surface area (Å²) >= 11 is 0. The largest absolute Gasteiger partial charge is 0.366 e. The molecule has 24 heavy (non-hydrogen) atoms. The molecule has 2 fully saturated rings. The average Bonchev–Trinajstić information content (AvgIpc) is 2.63. The van der Waals surface area contributed by atoms with Crippen molar-refractivity contribution in [3.05, 3.63) is 34.9 Å². The van der Waals surface area contributed by atoms with Crippen LogP contribution in [0.4, 0.5) is 0 Å². The van der Waals surface area contributed by atoms with E-state index in [1.165, 1.54) is 24.0 Å². The fourth-order valence-corrected chi connectivity index (χ4v) is 4.17. The zero-order valence-electron chi connectivity index (χ0n) is 14.2. The summed E-state index contributed by atoms with van der Waals surface area (Å²) in [6.07, 6.45) is 5.51. The third kappa shape index (κ3) is 2.71. The number of morpholine rings is 1. The predicted molar refractivity (Wildman–Crippen MR) is 89.9 cm³/mol. The molecule has 0 bridgehead atoms. The van der Waals surface area contributed by atoms with Crippen molar-refractivity contribution < 1.29 is 14.3 Å². The normalized spacial score (nSPS) is 26.8. The molecule has 2 aliphatic heterocycles. The highest BCUT2D eigenvalue weighted by Crippen LogP contribution is 2.26. The number of likely N-dealkylation sites (tertiary alicyclic amines) is 1. The van der Waals surface area contributed by atoms with Crippen molar-refractivity contribution in [3.63, 3.8) is 0 Å². The lowest BCUT2D eigenvalue weighted by molar-refractivity contribution is -0.159. The maximum absolute atomic E-state index is 12.9. The van der Waals surface area contributed by atoms with Crippen molar-refractivity contribution in [2.75, 3.05) is 26.7 Å². The molecule has 2 atom stereocenters. The molecular weight excluding hydrogens is 304 g/mol. The van der Waals surface area contributed by atoms with Crippen LogP contribution in [-0.4, -0.2) is 60.5 Å². The maximum Gasteiger partial charge on any atom is 0.253 e. The van der Waals surface area contributed by atoms with Crippen molar-refractivity contribution in [2.24, 2.45) is 0 Å². The van der Waals surface area contributed by atoms with Gasteiger partial charge in [0, 0.05) is 25.7 Å². The van der Waals surface area contributed by atoms with Gasteiger partial charge in [-0.2, -0.15) is 0 Å². The molecule has 1 aromatic rings. The third-order valence-electron chi connectivity index (χ3n) is 5.71. The van der Waals surface area contributed by atoms with Crippen molar-refractivity contribution in [1.29, 1.82) is 0 Å². The van der Waals surface area contributed by atoms with E-state index in [4.69, 9.17) is 4.74 Å². The summed E-state index contributed by atoms with van der Waals surface area (Å²) in [5.74, 6) is 0.0765. The van der Waals surface area contributed by atoms with Gasteiger partial charge in [0.1, 0.15) is 6.61 Å². The number of hydrogen-bond acceptors (Lipinski definition) is 3. The van der Waals surface area contributed by atoms with Crippen molar-refractivity contribution in [2.45, 2.75) is 44.2 Å². The maximum atomic E-state index is 12.9. The molecule has 128 valence electrons. The number of fused-ring (bicyclic) bond motifs is 2. The Morgan fingerprint density at radius 1 is 1.21 bits per heavy atom. The Kier molecular flexibility index (Phi) is 4.04. The lowest BCUT2D eigenvalue weighted by Crippen LogP contribution is -2.61. The SMILES string of the molecule is CN1C(=O)CO[C@H]2CCN(C(=O)c3ccc4c(c3)CCCC4)C[C@@H]21. The van der Waals surface area contributed by atoms with Gasteiger partial charge >= 0.3 is 0 Å². The van der Waals surface area contributed by atoms with Crippen LogP contribution in [-0.2, 0) is 22.4 Å². The molecule has 5 nitrogen and oxygen atoms in total. The summed E-state index contributed by atoms with van der Waals surface area (Å²) in [5, 5.41) is 0. The van der Waals surface area contributed by atoms with E-state index in [-0.39, 0.29) is 30.6 Å². The Morgan fingerprint density at radius 2 is 2.00 bits per heavy atom. The van der Waals surface area contributed by atoms with Gasteiger partial charge in [-0.3, -0.25) is 9.59 Å². The number of hydrogen-bond donors (Lipinski definition) is 0. The van der Waals surface area contributed by atoms with E-state index in [0.29, 0.717) is 13.1 Å². The molecule has 0 saturated carbocycles. The average molecular weight is 328 g/mol. The van der Waals surface area contributed by atoms with Gasteiger partial charge in [-0.05, 0) is 55.4 Å². The number of ether oxygens (including phenoxy) is 1. The van der Waals surface area contributed by atoms with Crippen LogP contribution in [0, 0.1) is 0 Å². The van der Waals surface area contributed by atoms with E-state index in [2.05, 4.69) is 12.1 Å². The molecule has 0 N–H and O–H groups in total. The molecule has 4 rings (SSSR count). The third-order valence-corrected chi connectivity index (χ3v) is 5.71. The quantitative estimate of drug-likeness (QED) is 0.787. The Labute approximate surface area is 142 Å². The second kappa shape index (κ2) is 6.20. The number of nitrogens with zero attached hydrogens (tertiary/aromatic N) is 2. The zero-order valence-corrected chi connectivity index (χ0v) is 14.2. The fraction of sp³-hybridized carbons (Fsp3) is 0.579. The van der Waals surface area contributed by atoms with Gasteiger partial charge < -0.3 is 14.5 Å². The van der Waals surface area contributed by atoms with Gasteiger partial charge in [-0.25, -0.2) is 0 Å². The van der Waals surface area contributed by atoms with Crippen LogP contribution in [0.5, 0.6) is 0 Å². The molecule has 0 aromatic heterocycles. The first-order chi connectivity index (χ1) is 11.6. The summed E-state index contributed by atoms with van der Waals surface area (Å²) < 4.78 is 5.64. The highest BCUT2D eigenvalue weighted by Gasteiger charge is 2.40. The monoisotopic (exact) mass is 328 g/mol. The standard InChI is InChI=1S/C19H24N2O3/c1-20-16-11-21(9-8-17(16)24-12-18(20)22)19(23)15-7-6-13-4-2-3-5-14(13)10-15/h6-7,10,16-17H,2-5,8-9,11-12H2,1H3/t16-,17-/m0/s1. The highest BCUT2D eigenvalue weighted by atomic mass is 16.5. The van der Waals surface area contributed by atoms with Gasteiger partial charge in [0.2, 0.25) is 5.91 Å². The first kappa shape index (κ1) is 15.6. The van der Waals surface area contributed by atoms with E-state index >= 15 is 0 Å². The van der Waals surface area contributed by atoms with Crippen LogP contribution < -0.4 is 0 Å². The molecular formula is C19H24N2O3. The molecule has 0 radical (unpaired) electrons. The lowest BCUT2D eigenvalue weighted by Gasteiger charge is -2.45. The van der Waals surface area contributed by atoms with Crippen LogP contribution in [0.1, 0.15) is 40.7 Å². The van der Waals surface area contributed by atoms with E-state index in [1.54, 1.807) is 4.90 Å². The number of aryl methyl sites for hydroxylation is 2. The van der Waals surface area contributed by atoms with Gasteiger partial charge in [0.25, 0.3) is 5.91 Å². The van der Waals surface area contributed by atoms with Crippen LogP contribution in [0.3, 0.4) is 0 Å². The Morgan fingerprint density at radius 3 is 2.83 bits per heavy atom. The molecule has 2 amide bonds. The Balaban J connectivity index is 1.51. The lowest BCUT2D eigenvalue weighted by atomic mass is 9.90. The summed E-state index contributed by atoms with van der Waals surface area (Å²) in [5.41, 5.74) is 3.50. The van der Waals surface area contributed by atoms with E-state index < -0.39 is 0 Å². The number of benzene rings is 1. The van der Waals surface area contributed by atoms with E-state index in [9.17, 15) is 9.59 Å². The Hall–Kier alpha value is -1.88. The smallest absolute Gasteiger partial charge is 0.253 e. The van der Waals surface area contributed by atoms with Crippen LogP contribution in [0.25, 0.3) is 0 Å². The molecule has 1 aromatic carbocycles. The van der Waals surface area contributed by atoms with Crippen molar-refractivity contribution in [3.8, 4) is 0 Å². The van der Waals surface area contributed by atoms with Crippen LogP contribution >= 0.6 is 0 Å². The minimum Gasteiger partial charge on any atom is -0.366 e. The Bertz CT molecular complexity index is 673. The van der Waals surface area contributed by atoms with Gasteiger partial charge in [0.05, 0.1) is 12.1 Å². The predicted octanol–water partition coefficient (Wildman–Crippen LogP) is 1.64. The minimum atomic E-state index is -0.0263. The first-order valence-corrected chi connectivity index (χ1v) is 8.92. The zero-order chi connectivity index (χ0) is 16.7. The molecule has 1 aliphatic carbocycles. The summed E-state index contributed by atoms with van der Waals surface area (Å²) in [4.78, 5) is 28.4. The summed E-state index contributed by atoms with van der Waals surface area (Å²) in [7, 11) is 1.81. The molecule has 2 saturated heterocycles. The van der Waals surface area contributed by atoms with Gasteiger partial charge in [-0.15, -0.1) is 0 Å².